The molecule has 2 bridgehead atoms. The van der Waals surface area contributed by atoms with Crippen LogP contribution in [0.5, 0.6) is 0 Å². The van der Waals surface area contributed by atoms with Crippen LogP contribution in [0.15, 0.2) is 36.5 Å². The van der Waals surface area contributed by atoms with Crippen molar-refractivity contribution in [2.75, 3.05) is 0 Å². The fourth-order valence-electron chi connectivity index (χ4n) is 7.02. The lowest BCUT2D eigenvalue weighted by Crippen LogP contribution is -2.35. The van der Waals surface area contributed by atoms with Gasteiger partial charge in [-0.3, -0.25) is 0 Å². The van der Waals surface area contributed by atoms with Gasteiger partial charge in [-0.1, -0.05) is 83.9 Å². The van der Waals surface area contributed by atoms with E-state index < -0.39 is 40.3 Å². The van der Waals surface area contributed by atoms with Crippen LogP contribution in [0.4, 0.5) is 30.7 Å². The van der Waals surface area contributed by atoms with E-state index in [1.54, 1.807) is 26.0 Å². The number of fused-ring (bicyclic) bond motifs is 4. The Balaban J connectivity index is 2.57. The highest BCUT2D eigenvalue weighted by Crippen LogP contribution is 2.54. The average Bonchev–Trinajstić information content (AvgIpc) is 2.98. The van der Waals surface area contributed by atoms with E-state index in [1.807, 2.05) is 13.0 Å². The second-order valence-electron chi connectivity index (χ2n) is 11.9. The highest BCUT2D eigenvalue weighted by molar-refractivity contribution is 5.86. The molecule has 2 unspecified atom stereocenters. The number of allylic oxidation sites excluding steroid dienone is 6. The highest BCUT2D eigenvalue weighted by Gasteiger charge is 2.50. The smallest absolute Gasteiger partial charge is 0.206 e. The van der Waals surface area contributed by atoms with Crippen LogP contribution in [0.2, 0.25) is 0 Å². The van der Waals surface area contributed by atoms with Crippen LogP contribution >= 0.6 is 0 Å². The van der Waals surface area contributed by atoms with Gasteiger partial charge in [-0.25, -0.2) is 4.39 Å². The van der Waals surface area contributed by atoms with Gasteiger partial charge in [-0.2, -0.15) is 26.3 Å². The maximum absolute atomic E-state index is 15.9. The molecule has 0 spiro atoms. The monoisotopic (exact) mass is 584 g/mol. The maximum Gasteiger partial charge on any atom is 0.419 e. The fraction of sp³-hybridized carbons (Fsp3) is 0.588. The van der Waals surface area contributed by atoms with Crippen molar-refractivity contribution in [3.8, 4) is 0 Å². The maximum atomic E-state index is 15.9. The average molecular weight is 585 g/mol. The van der Waals surface area contributed by atoms with Crippen molar-refractivity contribution in [3.05, 3.63) is 70.1 Å². The van der Waals surface area contributed by atoms with Crippen LogP contribution < -0.4 is 0 Å². The van der Waals surface area contributed by atoms with Crippen LogP contribution in [0.25, 0.3) is 11.6 Å². The Morgan fingerprint density at radius 3 is 2.17 bits per heavy atom. The Kier molecular flexibility index (Phi) is 10.8. The minimum Gasteiger partial charge on any atom is -0.206 e. The molecular formula is C34H43F7. The van der Waals surface area contributed by atoms with Crippen molar-refractivity contribution in [1.29, 1.82) is 0 Å². The number of halogens is 7. The standard InChI is InChI=1S/C34H43F7/c1-6-10-11-12-14-23-15-13-16-24-17-18-25(20-23)27-26(7-2)28(33(36,37)38)31(35)30(34(39,40)41)29(27)32(8-3,9-4)21-22(5)19-24/h7,13,15,18,20,22,24H,2,6,8-12,14,16-17,19,21H2,1,3-5H3. The summed E-state index contributed by atoms with van der Waals surface area (Å²) in [5.74, 6) is -2.08. The first-order valence-electron chi connectivity index (χ1n) is 15.0. The molecule has 0 heterocycles. The number of benzene rings is 1. The van der Waals surface area contributed by atoms with Gasteiger partial charge >= 0.3 is 12.4 Å². The van der Waals surface area contributed by atoms with E-state index in [0.717, 1.165) is 50.2 Å². The summed E-state index contributed by atoms with van der Waals surface area (Å²) in [7, 11) is 0. The summed E-state index contributed by atoms with van der Waals surface area (Å²) in [4.78, 5) is 0. The van der Waals surface area contributed by atoms with Crippen LogP contribution in [0.3, 0.4) is 0 Å². The van der Waals surface area contributed by atoms with Crippen molar-refractivity contribution in [3.63, 3.8) is 0 Å². The number of alkyl halides is 6. The van der Waals surface area contributed by atoms with Crippen molar-refractivity contribution in [1.82, 2.24) is 0 Å². The van der Waals surface area contributed by atoms with Crippen molar-refractivity contribution >= 4 is 11.6 Å². The summed E-state index contributed by atoms with van der Waals surface area (Å²) < 4.78 is 104. The topological polar surface area (TPSA) is 0 Å². The van der Waals surface area contributed by atoms with E-state index in [1.165, 1.54) is 0 Å². The summed E-state index contributed by atoms with van der Waals surface area (Å²) >= 11 is 0. The summed E-state index contributed by atoms with van der Waals surface area (Å²) in [6, 6.07) is 0. The quantitative estimate of drug-likeness (QED) is 0.211. The molecule has 41 heavy (non-hydrogen) atoms. The van der Waals surface area contributed by atoms with E-state index in [4.69, 9.17) is 0 Å². The zero-order valence-electron chi connectivity index (χ0n) is 24.7. The predicted octanol–water partition coefficient (Wildman–Crippen LogP) is 12.2. The SMILES string of the molecule is C=Cc1c2c(c(C(F)(F)F)c(F)c1C(F)(F)F)C(CC)(CC)CC(C)CC1CC=CC(CCCCCC)=CC2=CC1. The van der Waals surface area contributed by atoms with Crippen molar-refractivity contribution in [2.24, 2.45) is 11.8 Å². The highest BCUT2D eigenvalue weighted by atomic mass is 19.4. The van der Waals surface area contributed by atoms with Gasteiger partial charge in [0.2, 0.25) is 0 Å². The van der Waals surface area contributed by atoms with Crippen LogP contribution in [-0.2, 0) is 17.8 Å². The van der Waals surface area contributed by atoms with Crippen LogP contribution in [0.1, 0.15) is 126 Å². The normalized spacial score (nSPS) is 21.3. The van der Waals surface area contributed by atoms with Crippen molar-refractivity contribution in [2.45, 2.75) is 116 Å². The Hall–Kier alpha value is -2.31. The predicted molar refractivity (Wildman–Crippen MR) is 154 cm³/mol. The van der Waals surface area contributed by atoms with Gasteiger partial charge < -0.3 is 0 Å². The molecule has 7 heteroatoms. The van der Waals surface area contributed by atoms with Crippen LogP contribution in [-0.4, -0.2) is 0 Å². The van der Waals surface area contributed by atoms with Crippen molar-refractivity contribution < 1.29 is 30.7 Å². The molecule has 0 saturated heterocycles. The number of hydrogen-bond acceptors (Lipinski definition) is 0. The molecule has 1 aromatic carbocycles. The van der Waals surface area contributed by atoms with Crippen LogP contribution in [0, 0.1) is 17.7 Å². The molecule has 0 radical (unpaired) electrons. The molecule has 0 nitrogen and oxygen atoms in total. The number of unbranched alkanes of at least 4 members (excludes halogenated alkanes) is 3. The largest absolute Gasteiger partial charge is 0.419 e. The van der Waals surface area contributed by atoms with Gasteiger partial charge in [0.1, 0.15) is 5.82 Å². The molecule has 2 aliphatic rings. The Bertz CT molecular complexity index is 1170. The third-order valence-electron chi connectivity index (χ3n) is 9.03. The molecule has 0 aliphatic heterocycles. The third kappa shape index (κ3) is 7.19. The summed E-state index contributed by atoms with van der Waals surface area (Å²) in [5, 5.41) is 0. The minimum absolute atomic E-state index is 0.0167. The van der Waals surface area contributed by atoms with E-state index in [9.17, 15) is 26.3 Å². The number of hydrogen-bond donors (Lipinski definition) is 0. The lowest BCUT2D eigenvalue weighted by molar-refractivity contribution is -0.148. The first-order valence-corrected chi connectivity index (χ1v) is 15.0. The molecule has 228 valence electrons. The molecule has 2 atom stereocenters. The lowest BCUT2D eigenvalue weighted by atomic mass is 9.63. The molecule has 1 aromatic rings. The van der Waals surface area contributed by atoms with Gasteiger partial charge in [0.05, 0.1) is 11.1 Å². The summed E-state index contributed by atoms with van der Waals surface area (Å²) in [5.41, 5.74) is -4.83. The summed E-state index contributed by atoms with van der Waals surface area (Å²) in [6.45, 7) is 11.2. The van der Waals surface area contributed by atoms with Gasteiger partial charge in [0.25, 0.3) is 0 Å². The summed E-state index contributed by atoms with van der Waals surface area (Å²) in [6.07, 6.45) is 5.21. The molecule has 3 rings (SSSR count). The van der Waals surface area contributed by atoms with Gasteiger partial charge in [-0.15, -0.1) is 0 Å². The van der Waals surface area contributed by atoms with E-state index in [2.05, 4.69) is 19.6 Å². The second-order valence-corrected chi connectivity index (χ2v) is 11.9. The van der Waals surface area contributed by atoms with Gasteiger partial charge in [-0.05, 0) is 96.5 Å². The zero-order valence-corrected chi connectivity index (χ0v) is 24.7. The fourth-order valence-corrected chi connectivity index (χ4v) is 7.02. The first kappa shape index (κ1) is 33.2. The van der Waals surface area contributed by atoms with E-state index in [-0.39, 0.29) is 35.8 Å². The Morgan fingerprint density at radius 1 is 0.951 bits per heavy atom. The van der Waals surface area contributed by atoms with E-state index >= 15 is 4.39 Å². The third-order valence-corrected chi connectivity index (χ3v) is 9.03. The lowest BCUT2D eigenvalue weighted by Gasteiger charge is -2.41. The Labute approximate surface area is 240 Å². The molecule has 2 aliphatic carbocycles. The minimum atomic E-state index is -5.35. The molecule has 0 N–H and O–H groups in total. The van der Waals surface area contributed by atoms with E-state index in [0.29, 0.717) is 24.8 Å². The molecular weight excluding hydrogens is 541 g/mol. The molecule has 0 fully saturated rings. The first-order chi connectivity index (χ1) is 19.2. The molecule has 0 aromatic heterocycles. The van der Waals surface area contributed by atoms with Gasteiger partial charge in [0, 0.05) is 0 Å². The second kappa shape index (κ2) is 13.3. The zero-order chi connectivity index (χ0) is 30.6. The Morgan fingerprint density at radius 2 is 1.61 bits per heavy atom. The number of rotatable bonds is 8. The van der Waals surface area contributed by atoms with Gasteiger partial charge in [0.15, 0.2) is 0 Å². The molecule has 0 saturated carbocycles. The molecule has 0 amide bonds.